The molecule has 0 radical (unpaired) electrons. The first-order chi connectivity index (χ1) is 14.7. The van der Waals surface area contributed by atoms with Gasteiger partial charge in [-0.25, -0.2) is 4.68 Å². The third kappa shape index (κ3) is 4.24. The molecule has 3 aromatic rings. The monoisotopic (exact) mass is 405 g/mol. The first-order valence-corrected chi connectivity index (χ1v) is 10.4. The van der Waals surface area contributed by atoms with Crippen LogP contribution in [0.15, 0.2) is 54.6 Å². The lowest BCUT2D eigenvalue weighted by atomic mass is 10.1. The molecule has 4 rings (SSSR count). The van der Waals surface area contributed by atoms with Gasteiger partial charge in [0, 0.05) is 17.8 Å². The van der Waals surface area contributed by atoms with Crippen molar-refractivity contribution in [2.24, 2.45) is 0 Å². The lowest BCUT2D eigenvalue weighted by Crippen LogP contribution is -2.29. The van der Waals surface area contributed by atoms with Gasteiger partial charge >= 0.3 is 0 Å². The Kier molecular flexibility index (Phi) is 6.14. The number of aromatic nitrogens is 2. The number of nitrogens with zero attached hydrogens (tertiary/aromatic N) is 2. The second kappa shape index (κ2) is 9.13. The van der Waals surface area contributed by atoms with Gasteiger partial charge in [-0.15, -0.1) is 0 Å². The first-order valence-electron chi connectivity index (χ1n) is 10.4. The molecule has 1 aromatic heterocycles. The number of nitrogens with one attached hydrogen (secondary N) is 1. The summed E-state index contributed by atoms with van der Waals surface area (Å²) >= 11 is 0. The maximum absolute atomic E-state index is 13.0. The van der Waals surface area contributed by atoms with Crippen molar-refractivity contribution in [3.05, 3.63) is 77.1 Å². The molecule has 156 valence electrons. The number of hydrogen-bond donors (Lipinski definition) is 2. The predicted molar refractivity (Wildman–Crippen MR) is 115 cm³/mol. The minimum Gasteiger partial charge on any atom is -0.497 e. The zero-order chi connectivity index (χ0) is 20.9. The van der Waals surface area contributed by atoms with Crippen molar-refractivity contribution in [1.29, 1.82) is 0 Å². The average molecular weight is 405 g/mol. The fourth-order valence-corrected chi connectivity index (χ4v) is 3.96. The van der Waals surface area contributed by atoms with Crippen LogP contribution < -0.4 is 10.1 Å². The quantitative estimate of drug-likeness (QED) is 0.614. The van der Waals surface area contributed by atoms with Gasteiger partial charge in [-0.05, 0) is 55.5 Å². The van der Waals surface area contributed by atoms with Gasteiger partial charge in [-0.3, -0.25) is 4.79 Å². The number of methoxy groups -OCH3 is 1. The molecule has 1 heterocycles. The molecule has 0 saturated carbocycles. The van der Waals surface area contributed by atoms with E-state index in [0.717, 1.165) is 60.4 Å². The molecule has 0 saturated heterocycles. The Balaban J connectivity index is 1.54. The first kappa shape index (κ1) is 20.2. The third-order valence-electron chi connectivity index (χ3n) is 5.60. The number of aliphatic hydroxyl groups excluding tert-OH is 1. The summed E-state index contributed by atoms with van der Waals surface area (Å²) < 4.78 is 7.06. The number of para-hydroxylation sites is 1. The van der Waals surface area contributed by atoms with Crippen LogP contribution in [0.2, 0.25) is 0 Å². The molecule has 2 N–H and O–H groups in total. The topological polar surface area (TPSA) is 76.4 Å². The summed E-state index contributed by atoms with van der Waals surface area (Å²) in [5.41, 5.74) is 4.32. The van der Waals surface area contributed by atoms with Crippen LogP contribution in [-0.4, -0.2) is 34.4 Å². The van der Waals surface area contributed by atoms with E-state index in [1.807, 2.05) is 35.0 Å². The molecule has 1 unspecified atom stereocenters. The van der Waals surface area contributed by atoms with Crippen molar-refractivity contribution >= 4 is 5.91 Å². The highest BCUT2D eigenvalue weighted by Crippen LogP contribution is 2.26. The second-order valence-electron chi connectivity index (χ2n) is 7.58. The molecule has 6 heteroatoms. The van der Waals surface area contributed by atoms with Crippen molar-refractivity contribution in [3.63, 3.8) is 0 Å². The van der Waals surface area contributed by atoms with E-state index in [2.05, 4.69) is 10.4 Å². The van der Waals surface area contributed by atoms with Crippen LogP contribution in [0, 0.1) is 0 Å². The van der Waals surface area contributed by atoms with E-state index in [4.69, 9.17) is 4.74 Å². The molecule has 6 nitrogen and oxygen atoms in total. The van der Waals surface area contributed by atoms with Crippen molar-refractivity contribution in [2.45, 2.75) is 38.2 Å². The summed E-state index contributed by atoms with van der Waals surface area (Å²) in [6, 6.07) is 17.1. The lowest BCUT2D eigenvalue weighted by Gasteiger charge is -2.12. The van der Waals surface area contributed by atoms with Crippen LogP contribution in [0.25, 0.3) is 5.69 Å². The van der Waals surface area contributed by atoms with Gasteiger partial charge in [0.2, 0.25) is 0 Å². The number of rotatable bonds is 6. The Bertz CT molecular complexity index is 997. The maximum Gasteiger partial charge on any atom is 0.272 e. The van der Waals surface area contributed by atoms with Crippen molar-refractivity contribution in [2.75, 3.05) is 13.7 Å². The van der Waals surface area contributed by atoms with E-state index in [1.165, 1.54) is 0 Å². The highest BCUT2D eigenvalue weighted by atomic mass is 16.5. The number of benzene rings is 2. The molecule has 2 aromatic carbocycles. The molecule has 30 heavy (non-hydrogen) atoms. The molecule has 1 aliphatic carbocycles. The number of amides is 1. The highest BCUT2D eigenvalue weighted by molar-refractivity contribution is 5.94. The minimum absolute atomic E-state index is 0.123. The fraction of sp³-hybridized carbons (Fsp3) is 0.333. The largest absolute Gasteiger partial charge is 0.497 e. The number of carbonyl (C=O) groups is 1. The Morgan fingerprint density at radius 2 is 1.83 bits per heavy atom. The summed E-state index contributed by atoms with van der Waals surface area (Å²) in [5, 5.41) is 18.0. The van der Waals surface area contributed by atoms with E-state index in [-0.39, 0.29) is 12.5 Å². The Morgan fingerprint density at radius 1 is 1.10 bits per heavy atom. The van der Waals surface area contributed by atoms with Crippen LogP contribution in [0.3, 0.4) is 0 Å². The number of ether oxygens (including phenoxy) is 1. The predicted octanol–water partition coefficient (Wildman–Crippen LogP) is 3.61. The van der Waals surface area contributed by atoms with E-state index < -0.39 is 6.10 Å². The minimum atomic E-state index is -0.797. The number of hydrogen-bond acceptors (Lipinski definition) is 4. The molecule has 0 aliphatic heterocycles. The zero-order valence-electron chi connectivity index (χ0n) is 17.2. The molecular formula is C24H27N3O3. The van der Waals surface area contributed by atoms with Gasteiger partial charge in [0.25, 0.3) is 5.91 Å². The summed E-state index contributed by atoms with van der Waals surface area (Å²) in [4.78, 5) is 13.0. The van der Waals surface area contributed by atoms with E-state index >= 15 is 0 Å². The van der Waals surface area contributed by atoms with Crippen LogP contribution >= 0.6 is 0 Å². The van der Waals surface area contributed by atoms with Gasteiger partial charge in [0.05, 0.1) is 18.9 Å². The lowest BCUT2D eigenvalue weighted by molar-refractivity contribution is 0.0910. The van der Waals surface area contributed by atoms with Crippen LogP contribution in [0.1, 0.15) is 52.7 Å². The number of aliphatic hydroxyl groups is 1. The van der Waals surface area contributed by atoms with Gasteiger partial charge in [-0.2, -0.15) is 5.10 Å². The van der Waals surface area contributed by atoms with E-state index in [9.17, 15) is 9.90 Å². The summed E-state index contributed by atoms with van der Waals surface area (Å²) in [7, 11) is 1.60. The standard InChI is InChI=1S/C24H27N3O3/c1-30-19-14-12-17(13-15-19)22(28)16-25-24(29)23-20-10-6-3-7-11-21(20)27(26-23)18-8-4-2-5-9-18/h2,4-5,8-9,12-15,22,28H,3,6-7,10-11,16H2,1H3,(H,25,29). The van der Waals surface area contributed by atoms with Crippen LogP contribution in [-0.2, 0) is 12.8 Å². The summed E-state index contributed by atoms with van der Waals surface area (Å²) in [5.74, 6) is 0.486. The molecule has 0 bridgehead atoms. The van der Waals surface area contributed by atoms with E-state index in [1.54, 1.807) is 31.4 Å². The van der Waals surface area contributed by atoms with Crippen LogP contribution in [0.4, 0.5) is 0 Å². The SMILES string of the molecule is COc1ccc(C(O)CNC(=O)c2nn(-c3ccccc3)c3c2CCCCC3)cc1. The summed E-state index contributed by atoms with van der Waals surface area (Å²) in [6.45, 7) is 0.123. The van der Waals surface area contributed by atoms with Gasteiger partial charge in [-0.1, -0.05) is 36.8 Å². The van der Waals surface area contributed by atoms with Crippen molar-refractivity contribution in [3.8, 4) is 11.4 Å². The summed E-state index contributed by atoms with van der Waals surface area (Å²) in [6.07, 6.45) is 4.28. The van der Waals surface area contributed by atoms with Gasteiger partial charge in [0.1, 0.15) is 5.75 Å². The molecule has 0 spiro atoms. The molecule has 1 atom stereocenters. The normalized spacial score (nSPS) is 14.5. The Morgan fingerprint density at radius 3 is 2.57 bits per heavy atom. The van der Waals surface area contributed by atoms with Crippen molar-refractivity contribution in [1.82, 2.24) is 15.1 Å². The van der Waals surface area contributed by atoms with Gasteiger partial charge in [0.15, 0.2) is 5.69 Å². The third-order valence-corrected chi connectivity index (χ3v) is 5.60. The Labute approximate surface area is 176 Å². The molecule has 1 aliphatic rings. The maximum atomic E-state index is 13.0. The molecule has 1 amide bonds. The Hall–Kier alpha value is -3.12. The molecule has 0 fully saturated rings. The zero-order valence-corrected chi connectivity index (χ0v) is 17.2. The highest BCUT2D eigenvalue weighted by Gasteiger charge is 2.25. The van der Waals surface area contributed by atoms with Crippen molar-refractivity contribution < 1.29 is 14.6 Å². The number of fused-ring (bicyclic) bond motifs is 1. The smallest absolute Gasteiger partial charge is 0.272 e. The van der Waals surface area contributed by atoms with Gasteiger partial charge < -0.3 is 15.2 Å². The van der Waals surface area contributed by atoms with E-state index in [0.29, 0.717) is 5.69 Å². The average Bonchev–Trinajstić information content (AvgIpc) is 2.98. The fourth-order valence-electron chi connectivity index (χ4n) is 3.96. The molecular weight excluding hydrogens is 378 g/mol. The van der Waals surface area contributed by atoms with Crippen LogP contribution in [0.5, 0.6) is 5.75 Å². The second-order valence-corrected chi connectivity index (χ2v) is 7.58. The number of carbonyl (C=O) groups excluding carboxylic acids is 1.